The number of aryl methyl sites for hydroxylation is 2. The molecule has 0 aliphatic rings. The number of carbonyl (C=O) groups excluding carboxylic acids is 2. The molecule has 0 saturated carbocycles. The molecule has 0 fully saturated rings. The van der Waals surface area contributed by atoms with Crippen LogP contribution in [0.3, 0.4) is 0 Å². The topological polar surface area (TPSA) is 49.4 Å². The largest absolute Gasteiger partial charge is 0.343 e. The van der Waals surface area contributed by atoms with E-state index in [0.717, 1.165) is 16.7 Å². The Morgan fingerprint density at radius 3 is 2.21 bits per heavy atom. The highest BCUT2D eigenvalue weighted by atomic mass is 16.2. The lowest BCUT2D eigenvalue weighted by Crippen LogP contribution is -2.39. The molecule has 0 aliphatic heterocycles. The van der Waals surface area contributed by atoms with E-state index < -0.39 is 0 Å². The van der Waals surface area contributed by atoms with Gasteiger partial charge in [-0.3, -0.25) is 9.59 Å². The van der Waals surface area contributed by atoms with E-state index in [1.807, 2.05) is 69.3 Å². The van der Waals surface area contributed by atoms with E-state index in [-0.39, 0.29) is 18.4 Å². The number of nitrogens with one attached hydrogen (secondary N) is 1. The van der Waals surface area contributed by atoms with Crippen molar-refractivity contribution in [3.63, 3.8) is 0 Å². The number of likely N-dealkylation sites (N-methyl/N-ethyl adjacent to an activating group) is 1. The fraction of sp³-hybridized carbons (Fsp3) is 0.300. The number of rotatable bonds is 6. The molecular formula is C20H24N2O2. The van der Waals surface area contributed by atoms with Crippen LogP contribution in [0.2, 0.25) is 0 Å². The van der Waals surface area contributed by atoms with Crippen molar-refractivity contribution in [3.05, 3.63) is 70.8 Å². The summed E-state index contributed by atoms with van der Waals surface area (Å²) in [5.41, 5.74) is 3.73. The van der Waals surface area contributed by atoms with Gasteiger partial charge >= 0.3 is 0 Å². The average molecular weight is 324 g/mol. The Balaban J connectivity index is 1.94. The van der Waals surface area contributed by atoms with Gasteiger partial charge in [0.25, 0.3) is 5.91 Å². The molecule has 0 radical (unpaired) electrons. The molecule has 0 spiro atoms. The van der Waals surface area contributed by atoms with Crippen LogP contribution in [0.15, 0.2) is 48.5 Å². The first-order valence-electron chi connectivity index (χ1n) is 8.17. The third-order valence-electron chi connectivity index (χ3n) is 3.83. The second-order valence-electron chi connectivity index (χ2n) is 5.95. The molecule has 24 heavy (non-hydrogen) atoms. The Labute approximate surface area is 143 Å². The van der Waals surface area contributed by atoms with Gasteiger partial charge in [0, 0.05) is 18.7 Å². The van der Waals surface area contributed by atoms with Crippen molar-refractivity contribution < 1.29 is 9.59 Å². The molecule has 0 heterocycles. The first-order valence-corrected chi connectivity index (χ1v) is 8.17. The van der Waals surface area contributed by atoms with E-state index in [1.165, 1.54) is 0 Å². The van der Waals surface area contributed by atoms with Crippen LogP contribution in [0.5, 0.6) is 0 Å². The third-order valence-corrected chi connectivity index (χ3v) is 3.83. The molecule has 4 heteroatoms. The molecule has 2 aromatic rings. The van der Waals surface area contributed by atoms with E-state index in [4.69, 9.17) is 0 Å². The number of carbonyl (C=O) groups is 2. The Kier molecular flexibility index (Phi) is 6.13. The normalized spacial score (nSPS) is 10.3. The SMILES string of the molecule is CCN(Cc1ccccc1)C(=O)CNC(=O)c1cc(C)cc(C)c1. The molecule has 0 unspecified atom stereocenters. The Hall–Kier alpha value is -2.62. The number of benzene rings is 2. The van der Waals surface area contributed by atoms with Crippen LogP contribution >= 0.6 is 0 Å². The number of hydrogen-bond donors (Lipinski definition) is 1. The van der Waals surface area contributed by atoms with E-state index in [9.17, 15) is 9.59 Å². The predicted octanol–water partition coefficient (Wildman–Crippen LogP) is 3.08. The summed E-state index contributed by atoms with van der Waals surface area (Å²) >= 11 is 0. The van der Waals surface area contributed by atoms with Gasteiger partial charge in [-0.15, -0.1) is 0 Å². The summed E-state index contributed by atoms with van der Waals surface area (Å²) in [7, 11) is 0. The minimum absolute atomic E-state index is 0.00644. The molecule has 4 nitrogen and oxygen atoms in total. The average Bonchev–Trinajstić information content (AvgIpc) is 2.57. The maximum absolute atomic E-state index is 12.4. The summed E-state index contributed by atoms with van der Waals surface area (Å²) < 4.78 is 0. The molecule has 2 aromatic carbocycles. The van der Waals surface area contributed by atoms with Gasteiger partial charge in [-0.1, -0.05) is 47.5 Å². The summed E-state index contributed by atoms with van der Waals surface area (Å²) in [4.78, 5) is 26.3. The third kappa shape index (κ3) is 4.95. The van der Waals surface area contributed by atoms with Crippen LogP contribution in [0.25, 0.3) is 0 Å². The maximum atomic E-state index is 12.4. The molecule has 0 bridgehead atoms. The van der Waals surface area contributed by atoms with E-state index in [0.29, 0.717) is 18.7 Å². The van der Waals surface area contributed by atoms with Crippen LogP contribution in [-0.4, -0.2) is 29.8 Å². The van der Waals surface area contributed by atoms with Gasteiger partial charge in [0.1, 0.15) is 0 Å². The molecule has 126 valence electrons. The van der Waals surface area contributed by atoms with Gasteiger partial charge in [0.05, 0.1) is 6.54 Å². The highest BCUT2D eigenvalue weighted by molar-refractivity contribution is 5.96. The van der Waals surface area contributed by atoms with Crippen molar-refractivity contribution in [2.75, 3.05) is 13.1 Å². The number of nitrogens with zero attached hydrogens (tertiary/aromatic N) is 1. The molecule has 0 atom stereocenters. The molecule has 0 saturated heterocycles. The number of amides is 2. The van der Waals surface area contributed by atoms with Crippen molar-refractivity contribution in [2.45, 2.75) is 27.3 Å². The van der Waals surface area contributed by atoms with Crippen molar-refractivity contribution in [2.24, 2.45) is 0 Å². The molecule has 2 rings (SSSR count). The maximum Gasteiger partial charge on any atom is 0.251 e. The summed E-state index contributed by atoms with van der Waals surface area (Å²) in [5, 5.41) is 2.72. The quantitative estimate of drug-likeness (QED) is 0.888. The van der Waals surface area contributed by atoms with Gasteiger partial charge in [-0.05, 0) is 38.5 Å². The lowest BCUT2D eigenvalue weighted by Gasteiger charge is -2.21. The minimum atomic E-state index is -0.217. The van der Waals surface area contributed by atoms with Crippen molar-refractivity contribution in [3.8, 4) is 0 Å². The van der Waals surface area contributed by atoms with E-state index >= 15 is 0 Å². The Bertz CT molecular complexity index is 691. The highest BCUT2D eigenvalue weighted by Gasteiger charge is 2.14. The van der Waals surface area contributed by atoms with Gasteiger partial charge in [-0.25, -0.2) is 0 Å². The summed E-state index contributed by atoms with van der Waals surface area (Å²) in [5.74, 6) is -0.301. The van der Waals surface area contributed by atoms with Crippen LogP contribution in [0, 0.1) is 13.8 Å². The van der Waals surface area contributed by atoms with Crippen LogP contribution < -0.4 is 5.32 Å². The lowest BCUT2D eigenvalue weighted by atomic mass is 10.1. The summed E-state index contributed by atoms with van der Waals surface area (Å²) in [6.45, 7) is 7.00. The fourth-order valence-corrected chi connectivity index (χ4v) is 2.66. The van der Waals surface area contributed by atoms with E-state index in [2.05, 4.69) is 5.32 Å². The first-order chi connectivity index (χ1) is 11.5. The second-order valence-corrected chi connectivity index (χ2v) is 5.95. The molecule has 1 N–H and O–H groups in total. The summed E-state index contributed by atoms with van der Waals surface area (Å²) in [6.07, 6.45) is 0. The number of hydrogen-bond acceptors (Lipinski definition) is 2. The van der Waals surface area contributed by atoms with Crippen LogP contribution in [-0.2, 0) is 11.3 Å². The van der Waals surface area contributed by atoms with Gasteiger partial charge in [0.15, 0.2) is 0 Å². The smallest absolute Gasteiger partial charge is 0.251 e. The van der Waals surface area contributed by atoms with Crippen LogP contribution in [0.1, 0.15) is 34.0 Å². The zero-order valence-corrected chi connectivity index (χ0v) is 14.5. The lowest BCUT2D eigenvalue weighted by molar-refractivity contribution is -0.130. The standard InChI is InChI=1S/C20H24N2O2/c1-4-22(14-17-8-6-5-7-9-17)19(23)13-21-20(24)18-11-15(2)10-16(3)12-18/h5-12H,4,13-14H2,1-3H3,(H,21,24). The van der Waals surface area contributed by atoms with Crippen molar-refractivity contribution in [1.82, 2.24) is 10.2 Å². The molecule has 0 aliphatic carbocycles. The zero-order chi connectivity index (χ0) is 17.5. The van der Waals surface area contributed by atoms with Gasteiger partial charge < -0.3 is 10.2 Å². The molecule has 2 amide bonds. The van der Waals surface area contributed by atoms with Crippen molar-refractivity contribution in [1.29, 1.82) is 0 Å². The second kappa shape index (κ2) is 8.29. The van der Waals surface area contributed by atoms with Gasteiger partial charge in [-0.2, -0.15) is 0 Å². The monoisotopic (exact) mass is 324 g/mol. The fourth-order valence-electron chi connectivity index (χ4n) is 2.66. The van der Waals surface area contributed by atoms with Gasteiger partial charge in [0.2, 0.25) is 5.91 Å². The predicted molar refractivity (Wildman–Crippen MR) is 95.8 cm³/mol. The molecule has 0 aromatic heterocycles. The summed E-state index contributed by atoms with van der Waals surface area (Å²) in [6, 6.07) is 15.5. The minimum Gasteiger partial charge on any atom is -0.343 e. The van der Waals surface area contributed by atoms with Crippen molar-refractivity contribution >= 4 is 11.8 Å². The Morgan fingerprint density at radius 1 is 1.00 bits per heavy atom. The first kappa shape index (κ1) is 17.7. The van der Waals surface area contributed by atoms with Crippen LogP contribution in [0.4, 0.5) is 0 Å². The van der Waals surface area contributed by atoms with E-state index in [1.54, 1.807) is 4.90 Å². The molecular weight excluding hydrogens is 300 g/mol. The highest BCUT2D eigenvalue weighted by Crippen LogP contribution is 2.09. The zero-order valence-electron chi connectivity index (χ0n) is 14.5. The Morgan fingerprint density at radius 2 is 1.62 bits per heavy atom.